The van der Waals surface area contributed by atoms with Crippen LogP contribution in [0.1, 0.15) is 34.5 Å². The van der Waals surface area contributed by atoms with Gasteiger partial charge in [0, 0.05) is 31.1 Å². The Balaban J connectivity index is 1.17. The molecule has 0 saturated carbocycles. The number of carbonyl (C=O) groups is 1. The predicted octanol–water partition coefficient (Wildman–Crippen LogP) is 5.21. The summed E-state index contributed by atoms with van der Waals surface area (Å²) in [7, 11) is 0. The number of hydrogen-bond donors (Lipinski definition) is 1. The van der Waals surface area contributed by atoms with E-state index in [1.807, 2.05) is 66.7 Å². The maximum absolute atomic E-state index is 13.1. The van der Waals surface area contributed by atoms with E-state index in [1.54, 1.807) is 0 Å². The van der Waals surface area contributed by atoms with Gasteiger partial charge in [-0.05, 0) is 42.7 Å². The van der Waals surface area contributed by atoms with Crippen LogP contribution in [0.5, 0.6) is 5.75 Å². The first-order valence-corrected chi connectivity index (χ1v) is 11.9. The van der Waals surface area contributed by atoms with Crippen molar-refractivity contribution in [3.05, 3.63) is 108 Å². The number of rotatable bonds is 7. The largest absolute Gasteiger partial charge is 0.486 e. The van der Waals surface area contributed by atoms with Crippen LogP contribution in [0.4, 0.5) is 0 Å². The monoisotopic (exact) mass is 451 g/mol. The predicted molar refractivity (Wildman–Crippen MR) is 135 cm³/mol. The van der Waals surface area contributed by atoms with Crippen molar-refractivity contribution in [3.8, 4) is 5.75 Å². The molecule has 34 heavy (non-hydrogen) atoms. The lowest BCUT2D eigenvalue weighted by atomic mass is 10.0. The smallest absolute Gasteiger partial charge is 0.255 e. The number of amides is 1. The molecule has 1 aliphatic rings. The molecule has 1 N–H and O–H groups in total. The molecule has 0 atom stereocenters. The van der Waals surface area contributed by atoms with Crippen LogP contribution in [-0.2, 0) is 13.2 Å². The zero-order valence-electron chi connectivity index (χ0n) is 19.2. The number of piperidine rings is 1. The van der Waals surface area contributed by atoms with E-state index < -0.39 is 0 Å². The summed E-state index contributed by atoms with van der Waals surface area (Å²) in [4.78, 5) is 20.2. The fourth-order valence-corrected chi connectivity index (χ4v) is 4.46. The first-order chi connectivity index (χ1) is 16.7. The molecule has 0 unspecified atom stereocenters. The van der Waals surface area contributed by atoms with Crippen LogP contribution in [-0.4, -0.2) is 34.9 Å². The number of likely N-dealkylation sites (tertiary alicyclic amines) is 1. The van der Waals surface area contributed by atoms with Crippen LogP contribution in [0.25, 0.3) is 10.9 Å². The molecule has 2 heterocycles. The van der Waals surface area contributed by atoms with Gasteiger partial charge in [-0.25, -0.2) is 4.98 Å². The highest BCUT2D eigenvalue weighted by Crippen LogP contribution is 2.21. The van der Waals surface area contributed by atoms with Crippen molar-refractivity contribution in [2.24, 2.45) is 0 Å². The van der Waals surface area contributed by atoms with Crippen LogP contribution in [0.3, 0.4) is 0 Å². The van der Waals surface area contributed by atoms with Crippen molar-refractivity contribution in [2.75, 3.05) is 13.1 Å². The van der Waals surface area contributed by atoms with E-state index in [1.165, 1.54) is 5.56 Å². The number of pyridine rings is 1. The number of para-hydroxylation sites is 2. The number of nitrogens with zero attached hydrogens (tertiary/aromatic N) is 2. The molecule has 0 aliphatic carbocycles. The molecule has 1 saturated heterocycles. The Morgan fingerprint density at radius 1 is 0.882 bits per heavy atom. The maximum Gasteiger partial charge on any atom is 0.255 e. The van der Waals surface area contributed by atoms with Gasteiger partial charge < -0.3 is 10.1 Å². The molecular formula is C29H29N3O2. The molecule has 1 fully saturated rings. The molecule has 4 aromatic rings. The summed E-state index contributed by atoms with van der Waals surface area (Å²) in [6.07, 6.45) is 1.89. The van der Waals surface area contributed by atoms with Gasteiger partial charge in [0.05, 0.1) is 16.8 Å². The molecule has 5 rings (SSSR count). The van der Waals surface area contributed by atoms with E-state index in [2.05, 4.69) is 39.5 Å². The van der Waals surface area contributed by atoms with E-state index in [4.69, 9.17) is 4.74 Å². The fraction of sp³-hybridized carbons (Fsp3) is 0.241. The molecule has 3 aromatic carbocycles. The molecule has 172 valence electrons. The molecule has 1 amide bonds. The third-order valence-electron chi connectivity index (χ3n) is 6.34. The molecule has 0 radical (unpaired) electrons. The Kier molecular flexibility index (Phi) is 6.82. The number of ether oxygens (including phenoxy) is 1. The summed E-state index contributed by atoms with van der Waals surface area (Å²) in [5.74, 6) is 0.500. The van der Waals surface area contributed by atoms with Crippen molar-refractivity contribution in [1.82, 2.24) is 15.2 Å². The van der Waals surface area contributed by atoms with E-state index in [-0.39, 0.29) is 11.9 Å². The summed E-state index contributed by atoms with van der Waals surface area (Å²) in [6.45, 7) is 3.23. The molecule has 0 spiro atoms. The van der Waals surface area contributed by atoms with E-state index in [9.17, 15) is 4.79 Å². The van der Waals surface area contributed by atoms with Gasteiger partial charge in [0.15, 0.2) is 0 Å². The Hall–Kier alpha value is -3.70. The second-order valence-corrected chi connectivity index (χ2v) is 8.79. The Bertz CT molecular complexity index is 1250. The van der Waals surface area contributed by atoms with E-state index in [0.717, 1.165) is 49.1 Å². The Labute approximate surface area is 200 Å². The third kappa shape index (κ3) is 5.43. The zero-order chi connectivity index (χ0) is 23.2. The minimum Gasteiger partial charge on any atom is -0.486 e. The van der Waals surface area contributed by atoms with Crippen LogP contribution < -0.4 is 10.1 Å². The molecule has 5 nitrogen and oxygen atoms in total. The van der Waals surface area contributed by atoms with Crippen molar-refractivity contribution in [3.63, 3.8) is 0 Å². The van der Waals surface area contributed by atoms with Gasteiger partial charge in [0.25, 0.3) is 5.91 Å². The Morgan fingerprint density at radius 2 is 1.62 bits per heavy atom. The van der Waals surface area contributed by atoms with Gasteiger partial charge in [0.1, 0.15) is 12.4 Å². The van der Waals surface area contributed by atoms with Crippen LogP contribution in [0, 0.1) is 0 Å². The third-order valence-corrected chi connectivity index (χ3v) is 6.34. The lowest BCUT2D eigenvalue weighted by molar-refractivity contribution is 0.0904. The molecule has 1 aromatic heterocycles. The highest BCUT2D eigenvalue weighted by atomic mass is 16.5. The van der Waals surface area contributed by atoms with Gasteiger partial charge >= 0.3 is 0 Å². The average molecular weight is 452 g/mol. The number of nitrogens with one attached hydrogen (secondary N) is 1. The van der Waals surface area contributed by atoms with Crippen LogP contribution in [0.2, 0.25) is 0 Å². The van der Waals surface area contributed by atoms with Crippen molar-refractivity contribution in [1.29, 1.82) is 0 Å². The van der Waals surface area contributed by atoms with Gasteiger partial charge in [-0.3, -0.25) is 9.69 Å². The van der Waals surface area contributed by atoms with Crippen molar-refractivity contribution >= 4 is 16.8 Å². The van der Waals surface area contributed by atoms with Crippen LogP contribution >= 0.6 is 0 Å². The summed E-state index contributed by atoms with van der Waals surface area (Å²) in [5, 5.41) is 4.32. The lowest BCUT2D eigenvalue weighted by Crippen LogP contribution is -2.44. The van der Waals surface area contributed by atoms with Crippen molar-refractivity contribution < 1.29 is 9.53 Å². The summed E-state index contributed by atoms with van der Waals surface area (Å²) in [5.41, 5.74) is 3.67. The topological polar surface area (TPSA) is 54.5 Å². The highest BCUT2D eigenvalue weighted by molar-refractivity contribution is 5.97. The standard InChI is InChI=1S/C29H29N3O2/c33-29(31-24-16-18-32(19-17-24)20-22-8-2-1-3-9-22)26-11-5-7-13-28(26)34-21-25-15-14-23-10-4-6-12-27(23)30-25/h1-15,24H,16-21H2,(H,31,33). The summed E-state index contributed by atoms with van der Waals surface area (Å²) in [6, 6.07) is 30.2. The number of carbonyl (C=O) groups excluding carboxylic acids is 1. The minimum atomic E-state index is -0.0800. The molecule has 1 aliphatic heterocycles. The second-order valence-electron chi connectivity index (χ2n) is 8.79. The number of fused-ring (bicyclic) bond motifs is 1. The average Bonchev–Trinajstić information content (AvgIpc) is 2.89. The van der Waals surface area contributed by atoms with E-state index in [0.29, 0.717) is 17.9 Å². The quantitative estimate of drug-likeness (QED) is 0.419. The maximum atomic E-state index is 13.1. The van der Waals surface area contributed by atoms with Gasteiger partial charge in [-0.1, -0.05) is 66.7 Å². The molecule has 5 heteroatoms. The second kappa shape index (κ2) is 10.5. The SMILES string of the molecule is O=C(NC1CCN(Cc2ccccc2)CC1)c1ccccc1OCc1ccc2ccccc2n1. The van der Waals surface area contributed by atoms with Gasteiger partial charge in [0.2, 0.25) is 0 Å². The first-order valence-electron chi connectivity index (χ1n) is 11.9. The molecular weight excluding hydrogens is 422 g/mol. The van der Waals surface area contributed by atoms with Crippen molar-refractivity contribution in [2.45, 2.75) is 32.0 Å². The Morgan fingerprint density at radius 3 is 2.47 bits per heavy atom. The summed E-state index contributed by atoms with van der Waals surface area (Å²) >= 11 is 0. The number of benzene rings is 3. The first kappa shape index (κ1) is 22.1. The number of aromatic nitrogens is 1. The highest BCUT2D eigenvalue weighted by Gasteiger charge is 2.22. The number of hydrogen-bond acceptors (Lipinski definition) is 4. The van der Waals surface area contributed by atoms with Gasteiger partial charge in [-0.2, -0.15) is 0 Å². The van der Waals surface area contributed by atoms with Crippen LogP contribution in [0.15, 0.2) is 91.0 Å². The van der Waals surface area contributed by atoms with Gasteiger partial charge in [-0.15, -0.1) is 0 Å². The lowest BCUT2D eigenvalue weighted by Gasteiger charge is -2.32. The summed E-state index contributed by atoms with van der Waals surface area (Å²) < 4.78 is 6.03. The fourth-order valence-electron chi connectivity index (χ4n) is 4.46. The minimum absolute atomic E-state index is 0.0800. The zero-order valence-corrected chi connectivity index (χ0v) is 19.2. The normalized spacial score (nSPS) is 14.7. The molecule has 0 bridgehead atoms. The van der Waals surface area contributed by atoms with E-state index >= 15 is 0 Å².